The molecule has 0 aliphatic carbocycles. The highest BCUT2D eigenvalue weighted by Crippen LogP contribution is 2.48. The molecule has 0 N–H and O–H groups in total. The minimum atomic E-state index is -0.317. The normalized spacial score (nSPS) is 19.0. The van der Waals surface area contributed by atoms with Gasteiger partial charge in [0.25, 0.3) is 0 Å². The van der Waals surface area contributed by atoms with Crippen molar-refractivity contribution in [2.75, 3.05) is 14.2 Å². The maximum atomic E-state index is 6.47. The first-order valence-electron chi connectivity index (χ1n) is 11.1. The molecule has 2 aliphatic heterocycles. The lowest BCUT2D eigenvalue weighted by Gasteiger charge is -2.38. The van der Waals surface area contributed by atoms with Crippen LogP contribution in [0, 0.1) is 0 Å². The lowest BCUT2D eigenvalue weighted by atomic mass is 9.95. The highest BCUT2D eigenvalue weighted by Gasteiger charge is 2.41. The summed E-state index contributed by atoms with van der Waals surface area (Å²) in [6.45, 7) is 4.39. The van der Waals surface area contributed by atoms with E-state index < -0.39 is 0 Å². The van der Waals surface area contributed by atoms with Gasteiger partial charge in [-0.05, 0) is 47.9 Å². The third-order valence-electron chi connectivity index (χ3n) is 6.36. The van der Waals surface area contributed by atoms with E-state index in [1.807, 2.05) is 36.4 Å². The zero-order valence-electron chi connectivity index (χ0n) is 19.2. The molecule has 0 bridgehead atoms. The molecule has 0 amide bonds. The molecular weight excluding hydrogens is 436 g/mol. The highest BCUT2D eigenvalue weighted by atomic mass is 35.5. The molecule has 2 heterocycles. The first-order valence-corrected chi connectivity index (χ1v) is 11.5. The molecule has 0 spiro atoms. The Morgan fingerprint density at radius 3 is 2.42 bits per heavy atom. The Morgan fingerprint density at radius 2 is 1.73 bits per heavy atom. The minimum absolute atomic E-state index is 0.0327. The van der Waals surface area contributed by atoms with Crippen LogP contribution in [0.5, 0.6) is 17.2 Å². The smallest absolute Gasteiger partial charge is 0.213 e. The standard InChI is InChI=1S/C27H27ClN2O3/c1-16(2)17-5-7-18(8-6-17)27-30-23(21-14-20(28)10-12-24(21)33-27)15-22(29-30)19-9-11-25(31-3)26(13-19)32-4/h5-14,16,23,27H,15H2,1-4H3. The van der Waals surface area contributed by atoms with Gasteiger partial charge in [-0.25, -0.2) is 5.01 Å². The third kappa shape index (κ3) is 3.91. The van der Waals surface area contributed by atoms with Gasteiger partial charge in [-0.3, -0.25) is 0 Å². The fourth-order valence-electron chi connectivity index (χ4n) is 4.51. The van der Waals surface area contributed by atoms with Crippen molar-refractivity contribution in [3.63, 3.8) is 0 Å². The van der Waals surface area contributed by atoms with E-state index in [1.165, 1.54) is 5.56 Å². The Balaban J connectivity index is 1.56. The zero-order valence-corrected chi connectivity index (χ0v) is 20.0. The van der Waals surface area contributed by atoms with Gasteiger partial charge in [0.15, 0.2) is 11.5 Å². The number of ether oxygens (including phenoxy) is 3. The average Bonchev–Trinajstić information content (AvgIpc) is 3.29. The fourth-order valence-corrected chi connectivity index (χ4v) is 4.69. The number of hydrazone groups is 1. The summed E-state index contributed by atoms with van der Waals surface area (Å²) in [6, 6.07) is 20.4. The number of hydrogen-bond acceptors (Lipinski definition) is 5. The topological polar surface area (TPSA) is 43.3 Å². The first-order chi connectivity index (χ1) is 16.0. The van der Waals surface area contributed by atoms with Gasteiger partial charge in [0.05, 0.1) is 26.0 Å². The summed E-state index contributed by atoms with van der Waals surface area (Å²) in [6.07, 6.45) is 0.426. The molecule has 0 saturated carbocycles. The van der Waals surface area contributed by atoms with Gasteiger partial charge >= 0.3 is 0 Å². The van der Waals surface area contributed by atoms with Gasteiger partial charge in [-0.15, -0.1) is 0 Å². The highest BCUT2D eigenvalue weighted by molar-refractivity contribution is 6.30. The number of nitrogens with zero attached hydrogens (tertiary/aromatic N) is 2. The Labute approximate surface area is 199 Å². The molecule has 5 nitrogen and oxygen atoms in total. The number of rotatable bonds is 5. The second-order valence-corrected chi connectivity index (χ2v) is 9.13. The van der Waals surface area contributed by atoms with Crippen molar-refractivity contribution < 1.29 is 14.2 Å². The summed E-state index contributed by atoms with van der Waals surface area (Å²) in [7, 11) is 3.28. The monoisotopic (exact) mass is 462 g/mol. The van der Waals surface area contributed by atoms with Crippen molar-refractivity contribution in [2.24, 2.45) is 5.10 Å². The molecule has 2 atom stereocenters. The predicted octanol–water partition coefficient (Wildman–Crippen LogP) is 6.72. The minimum Gasteiger partial charge on any atom is -0.493 e. The number of hydrogen-bond donors (Lipinski definition) is 0. The van der Waals surface area contributed by atoms with E-state index in [9.17, 15) is 0 Å². The van der Waals surface area contributed by atoms with Gasteiger partial charge in [-0.1, -0.05) is 49.7 Å². The van der Waals surface area contributed by atoms with Crippen LogP contribution < -0.4 is 14.2 Å². The molecule has 33 heavy (non-hydrogen) atoms. The van der Waals surface area contributed by atoms with Crippen molar-refractivity contribution >= 4 is 17.3 Å². The van der Waals surface area contributed by atoms with E-state index in [2.05, 4.69) is 43.1 Å². The third-order valence-corrected chi connectivity index (χ3v) is 6.59. The van der Waals surface area contributed by atoms with Crippen molar-refractivity contribution in [3.05, 3.63) is 87.9 Å². The molecule has 3 aromatic rings. The van der Waals surface area contributed by atoms with E-state index in [0.717, 1.165) is 34.6 Å². The van der Waals surface area contributed by atoms with Gasteiger partial charge in [0.1, 0.15) is 5.75 Å². The quantitative estimate of drug-likeness (QED) is 0.422. The maximum Gasteiger partial charge on any atom is 0.213 e. The summed E-state index contributed by atoms with van der Waals surface area (Å²) in [5, 5.41) is 7.80. The van der Waals surface area contributed by atoms with Crippen LogP contribution in [0.2, 0.25) is 5.02 Å². The van der Waals surface area contributed by atoms with Crippen molar-refractivity contribution in [3.8, 4) is 17.2 Å². The number of halogens is 1. The number of fused-ring (bicyclic) bond motifs is 3. The van der Waals surface area contributed by atoms with Gasteiger partial charge in [0.2, 0.25) is 6.23 Å². The van der Waals surface area contributed by atoms with Crippen molar-refractivity contribution in [1.82, 2.24) is 5.01 Å². The molecule has 0 fully saturated rings. The van der Waals surface area contributed by atoms with Gasteiger partial charge < -0.3 is 14.2 Å². The SMILES string of the molecule is COc1ccc(C2=NN3C(C2)c2cc(Cl)ccc2OC3c2ccc(C(C)C)cc2)cc1OC. The summed E-state index contributed by atoms with van der Waals surface area (Å²) in [4.78, 5) is 0. The van der Waals surface area contributed by atoms with Crippen LogP contribution in [0.25, 0.3) is 0 Å². The fraction of sp³-hybridized carbons (Fsp3) is 0.296. The summed E-state index contributed by atoms with van der Waals surface area (Å²) in [5.41, 5.74) is 5.40. The van der Waals surface area contributed by atoms with Crippen LogP contribution in [-0.4, -0.2) is 24.9 Å². The van der Waals surface area contributed by atoms with Crippen LogP contribution in [0.4, 0.5) is 0 Å². The van der Waals surface area contributed by atoms with Crippen molar-refractivity contribution in [1.29, 1.82) is 0 Å². The molecular formula is C27H27ClN2O3. The number of methoxy groups -OCH3 is 2. The second-order valence-electron chi connectivity index (χ2n) is 8.69. The molecule has 170 valence electrons. The first kappa shape index (κ1) is 21.7. The van der Waals surface area contributed by atoms with Crippen molar-refractivity contribution in [2.45, 2.75) is 38.5 Å². The van der Waals surface area contributed by atoms with Crippen LogP contribution in [-0.2, 0) is 0 Å². The zero-order chi connectivity index (χ0) is 23.1. The van der Waals surface area contributed by atoms with Crippen LogP contribution in [0.15, 0.2) is 65.8 Å². The number of benzene rings is 3. The largest absolute Gasteiger partial charge is 0.493 e. The molecule has 6 heteroatoms. The van der Waals surface area contributed by atoms with E-state index in [0.29, 0.717) is 22.4 Å². The molecule has 2 unspecified atom stereocenters. The predicted molar refractivity (Wildman–Crippen MR) is 131 cm³/mol. The van der Waals surface area contributed by atoms with Crippen LogP contribution in [0.3, 0.4) is 0 Å². The molecule has 3 aromatic carbocycles. The lowest BCUT2D eigenvalue weighted by molar-refractivity contribution is -0.0190. The lowest BCUT2D eigenvalue weighted by Crippen LogP contribution is -2.33. The average molecular weight is 463 g/mol. The molecule has 5 rings (SSSR count). The Hall–Kier alpha value is -3.18. The second kappa shape index (κ2) is 8.64. The molecule has 0 radical (unpaired) electrons. The van der Waals surface area contributed by atoms with Gasteiger partial charge in [0, 0.05) is 28.1 Å². The van der Waals surface area contributed by atoms with Gasteiger partial charge in [-0.2, -0.15) is 5.10 Å². The maximum absolute atomic E-state index is 6.47. The van der Waals surface area contributed by atoms with E-state index >= 15 is 0 Å². The molecule has 0 aromatic heterocycles. The van der Waals surface area contributed by atoms with E-state index in [4.69, 9.17) is 30.9 Å². The Kier molecular flexibility index (Phi) is 5.67. The summed E-state index contributed by atoms with van der Waals surface area (Å²) >= 11 is 6.35. The van der Waals surface area contributed by atoms with E-state index in [-0.39, 0.29) is 12.3 Å². The van der Waals surface area contributed by atoms with E-state index in [1.54, 1.807) is 14.2 Å². The molecule has 0 saturated heterocycles. The Morgan fingerprint density at radius 1 is 0.970 bits per heavy atom. The summed E-state index contributed by atoms with van der Waals surface area (Å²) in [5.74, 6) is 2.70. The van der Waals surface area contributed by atoms with Crippen LogP contribution in [0.1, 0.15) is 60.7 Å². The summed E-state index contributed by atoms with van der Waals surface area (Å²) < 4.78 is 17.4. The Bertz CT molecular complexity index is 1210. The molecule has 2 aliphatic rings. The van der Waals surface area contributed by atoms with Crippen LogP contribution >= 0.6 is 11.6 Å².